The van der Waals surface area contributed by atoms with Crippen LogP contribution in [0.3, 0.4) is 0 Å². The standard InChI is InChI=1S/C34H34O7/c1-38-31(35)21-39-30-12-9-27(16-29(30)34-17-23-13-24(18-34)15-25(14-23)19-34)33(37)41-28-10-7-26(8-11-28)32(36)40-20-22-5-3-2-4-6-22/h2-12,16,23-25H,13-15,17-21H2,1H3. The van der Waals surface area contributed by atoms with Crippen LogP contribution in [0.1, 0.15) is 70.4 Å². The van der Waals surface area contributed by atoms with Gasteiger partial charge >= 0.3 is 17.9 Å². The Bertz CT molecular complexity index is 1390. The van der Waals surface area contributed by atoms with Crippen LogP contribution < -0.4 is 9.47 Å². The first-order chi connectivity index (χ1) is 19.9. The lowest BCUT2D eigenvalue weighted by Crippen LogP contribution is -2.48. The van der Waals surface area contributed by atoms with Gasteiger partial charge in [0.1, 0.15) is 18.1 Å². The van der Waals surface area contributed by atoms with Crippen molar-refractivity contribution >= 4 is 17.9 Å². The molecule has 0 atom stereocenters. The lowest BCUT2D eigenvalue weighted by Gasteiger charge is -2.57. The monoisotopic (exact) mass is 554 g/mol. The van der Waals surface area contributed by atoms with Gasteiger partial charge in [-0.3, -0.25) is 0 Å². The number of carbonyl (C=O) groups excluding carboxylic acids is 3. The third-order valence-corrected chi connectivity index (χ3v) is 8.91. The average Bonchev–Trinajstić information content (AvgIpc) is 2.98. The second-order valence-corrected chi connectivity index (χ2v) is 11.7. The maximum Gasteiger partial charge on any atom is 0.343 e. The predicted octanol–water partition coefficient (Wildman–Crippen LogP) is 6.28. The van der Waals surface area contributed by atoms with Gasteiger partial charge in [-0.25, -0.2) is 14.4 Å². The lowest BCUT2D eigenvalue weighted by molar-refractivity contribution is -0.143. The van der Waals surface area contributed by atoms with Crippen LogP contribution in [0.4, 0.5) is 0 Å². The molecule has 0 heterocycles. The summed E-state index contributed by atoms with van der Waals surface area (Å²) in [4.78, 5) is 37.6. The number of hydrogen-bond acceptors (Lipinski definition) is 7. The predicted molar refractivity (Wildman–Crippen MR) is 151 cm³/mol. The van der Waals surface area contributed by atoms with Crippen LogP contribution >= 0.6 is 0 Å². The van der Waals surface area contributed by atoms with Crippen LogP contribution in [0, 0.1) is 17.8 Å². The van der Waals surface area contributed by atoms with E-state index in [1.165, 1.54) is 26.4 Å². The molecule has 4 saturated carbocycles. The van der Waals surface area contributed by atoms with Crippen molar-refractivity contribution in [1.82, 2.24) is 0 Å². The van der Waals surface area contributed by atoms with Gasteiger partial charge in [0.25, 0.3) is 0 Å². The Morgan fingerprint density at radius 2 is 1.41 bits per heavy atom. The van der Waals surface area contributed by atoms with Crippen molar-refractivity contribution in [3.63, 3.8) is 0 Å². The fourth-order valence-corrected chi connectivity index (χ4v) is 7.46. The molecule has 0 N–H and O–H groups in total. The molecule has 0 radical (unpaired) electrons. The Morgan fingerprint density at radius 3 is 2.05 bits per heavy atom. The Morgan fingerprint density at radius 1 is 0.780 bits per heavy atom. The van der Waals surface area contributed by atoms with Gasteiger partial charge in [-0.2, -0.15) is 0 Å². The van der Waals surface area contributed by atoms with Crippen molar-refractivity contribution in [2.24, 2.45) is 17.8 Å². The van der Waals surface area contributed by atoms with Gasteiger partial charge in [0.2, 0.25) is 0 Å². The third kappa shape index (κ3) is 5.85. The van der Waals surface area contributed by atoms with E-state index >= 15 is 0 Å². The minimum Gasteiger partial charge on any atom is -0.482 e. The van der Waals surface area contributed by atoms with E-state index in [4.69, 9.17) is 18.9 Å². The molecule has 4 aliphatic carbocycles. The van der Waals surface area contributed by atoms with E-state index in [9.17, 15) is 14.4 Å². The van der Waals surface area contributed by atoms with Crippen molar-refractivity contribution in [1.29, 1.82) is 0 Å². The van der Waals surface area contributed by atoms with Crippen LogP contribution in [0.25, 0.3) is 0 Å². The number of esters is 3. The molecule has 7 nitrogen and oxygen atoms in total. The molecule has 4 bridgehead atoms. The van der Waals surface area contributed by atoms with E-state index < -0.39 is 17.9 Å². The second kappa shape index (κ2) is 11.4. The molecule has 212 valence electrons. The zero-order valence-corrected chi connectivity index (χ0v) is 23.2. The van der Waals surface area contributed by atoms with E-state index in [1.807, 2.05) is 36.4 Å². The van der Waals surface area contributed by atoms with Crippen LogP contribution in [-0.2, 0) is 26.3 Å². The molecule has 4 aliphatic rings. The summed E-state index contributed by atoms with van der Waals surface area (Å²) in [7, 11) is 1.34. The van der Waals surface area contributed by atoms with Crippen LogP contribution in [0.2, 0.25) is 0 Å². The average molecular weight is 555 g/mol. The van der Waals surface area contributed by atoms with E-state index in [1.54, 1.807) is 36.4 Å². The number of carbonyl (C=O) groups is 3. The molecule has 3 aromatic rings. The Hall–Kier alpha value is -4.13. The molecule has 0 amide bonds. The summed E-state index contributed by atoms with van der Waals surface area (Å²) in [6, 6.07) is 21.2. The van der Waals surface area contributed by atoms with Crippen molar-refractivity contribution in [3.05, 3.63) is 95.1 Å². The number of ether oxygens (including phenoxy) is 4. The summed E-state index contributed by atoms with van der Waals surface area (Å²) >= 11 is 0. The first kappa shape index (κ1) is 27.1. The van der Waals surface area contributed by atoms with E-state index in [0.29, 0.717) is 40.4 Å². The molecule has 0 aliphatic heterocycles. The third-order valence-electron chi connectivity index (χ3n) is 8.91. The zero-order valence-electron chi connectivity index (χ0n) is 23.2. The van der Waals surface area contributed by atoms with Gasteiger partial charge in [0.05, 0.1) is 18.2 Å². The van der Waals surface area contributed by atoms with Crippen LogP contribution in [-0.4, -0.2) is 31.6 Å². The number of benzene rings is 3. The molecule has 0 spiro atoms. The maximum atomic E-state index is 13.3. The fraction of sp³-hybridized carbons (Fsp3) is 0.382. The van der Waals surface area contributed by atoms with Crippen LogP contribution in [0.15, 0.2) is 72.8 Å². The minimum atomic E-state index is -0.491. The minimum absolute atomic E-state index is 0.0573. The molecular formula is C34H34O7. The second-order valence-electron chi connectivity index (χ2n) is 11.7. The first-order valence-electron chi connectivity index (χ1n) is 14.3. The van der Waals surface area contributed by atoms with Crippen LogP contribution in [0.5, 0.6) is 11.5 Å². The van der Waals surface area contributed by atoms with Gasteiger partial charge in [-0.15, -0.1) is 0 Å². The topological polar surface area (TPSA) is 88.1 Å². The smallest absolute Gasteiger partial charge is 0.343 e. The molecule has 0 saturated heterocycles. The van der Waals surface area contributed by atoms with Crippen molar-refractivity contribution in [2.75, 3.05) is 13.7 Å². The van der Waals surface area contributed by atoms with Crippen molar-refractivity contribution < 1.29 is 33.3 Å². The van der Waals surface area contributed by atoms with Gasteiger partial charge in [0, 0.05) is 5.56 Å². The number of methoxy groups -OCH3 is 1. The summed E-state index contributed by atoms with van der Waals surface area (Å²) in [5.41, 5.74) is 2.63. The van der Waals surface area contributed by atoms with Gasteiger partial charge in [0.15, 0.2) is 6.61 Å². The quantitative estimate of drug-likeness (QED) is 0.227. The summed E-state index contributed by atoms with van der Waals surface area (Å²) in [5.74, 6) is 1.67. The normalized spacial score (nSPS) is 24.0. The summed E-state index contributed by atoms with van der Waals surface area (Å²) in [6.45, 7) is 0.00159. The number of rotatable bonds is 9. The molecule has 4 fully saturated rings. The Labute approximate surface area is 239 Å². The highest BCUT2D eigenvalue weighted by Gasteiger charge is 2.52. The van der Waals surface area contributed by atoms with E-state index in [-0.39, 0.29) is 18.6 Å². The largest absolute Gasteiger partial charge is 0.482 e. The molecule has 0 aromatic heterocycles. The molecule has 0 unspecified atom stereocenters. The summed E-state index contributed by atoms with van der Waals surface area (Å²) < 4.78 is 21.8. The summed E-state index contributed by atoms with van der Waals surface area (Å²) in [5, 5.41) is 0. The SMILES string of the molecule is COC(=O)COc1ccc(C(=O)Oc2ccc(C(=O)OCc3ccccc3)cc2)cc1C12CC3CC(CC(C3)C1)C2. The van der Waals surface area contributed by atoms with Gasteiger partial charge < -0.3 is 18.9 Å². The molecule has 7 heteroatoms. The molecule has 7 rings (SSSR count). The highest BCUT2D eigenvalue weighted by molar-refractivity contribution is 5.92. The van der Waals surface area contributed by atoms with Gasteiger partial charge in [-0.05, 0) is 110 Å². The molecule has 41 heavy (non-hydrogen) atoms. The van der Waals surface area contributed by atoms with Gasteiger partial charge in [-0.1, -0.05) is 30.3 Å². The van der Waals surface area contributed by atoms with E-state index in [2.05, 4.69) is 0 Å². The highest BCUT2D eigenvalue weighted by atomic mass is 16.6. The zero-order chi connectivity index (χ0) is 28.4. The Kier molecular flexibility index (Phi) is 7.52. The maximum absolute atomic E-state index is 13.3. The molecule has 3 aromatic carbocycles. The Balaban J connectivity index is 1.18. The fourth-order valence-electron chi connectivity index (χ4n) is 7.46. The summed E-state index contributed by atoms with van der Waals surface area (Å²) in [6.07, 6.45) is 7.09. The van der Waals surface area contributed by atoms with E-state index in [0.717, 1.165) is 30.4 Å². The number of hydrogen-bond donors (Lipinski definition) is 0. The molecular weight excluding hydrogens is 520 g/mol. The van der Waals surface area contributed by atoms with Crippen molar-refractivity contribution in [2.45, 2.75) is 50.5 Å². The first-order valence-corrected chi connectivity index (χ1v) is 14.3. The lowest BCUT2D eigenvalue weighted by atomic mass is 9.48. The highest BCUT2D eigenvalue weighted by Crippen LogP contribution is 2.62. The van der Waals surface area contributed by atoms with Crippen molar-refractivity contribution in [3.8, 4) is 11.5 Å².